The van der Waals surface area contributed by atoms with Gasteiger partial charge in [-0.3, -0.25) is 4.90 Å². The van der Waals surface area contributed by atoms with Crippen molar-refractivity contribution in [3.8, 4) is 0 Å². The zero-order valence-electron chi connectivity index (χ0n) is 10.9. The van der Waals surface area contributed by atoms with Gasteiger partial charge in [-0.05, 0) is 11.6 Å². The third-order valence-corrected chi connectivity index (χ3v) is 3.39. The smallest absolute Gasteiger partial charge is 0.314 e. The quantitative estimate of drug-likeness (QED) is 0.844. The molecule has 2 rings (SSSR count). The van der Waals surface area contributed by atoms with E-state index in [2.05, 4.69) is 5.32 Å². The number of alkyl halides is 6. The van der Waals surface area contributed by atoms with E-state index in [1.54, 1.807) is 0 Å². The van der Waals surface area contributed by atoms with Crippen LogP contribution in [0.1, 0.15) is 17.2 Å². The van der Waals surface area contributed by atoms with Gasteiger partial charge in [-0.15, -0.1) is 0 Å². The molecule has 1 aliphatic rings. The molecule has 0 spiro atoms. The molecule has 1 aromatic rings. The monoisotopic (exact) mass is 312 g/mol. The number of hydrogen-bond donors (Lipinski definition) is 1. The van der Waals surface area contributed by atoms with Crippen molar-refractivity contribution < 1.29 is 26.3 Å². The molecule has 0 bridgehead atoms. The predicted octanol–water partition coefficient (Wildman–Crippen LogP) is 3.21. The molecule has 2 nitrogen and oxygen atoms in total. The molecule has 8 heteroatoms. The molecule has 1 aliphatic heterocycles. The lowest BCUT2D eigenvalue weighted by Crippen LogP contribution is -2.49. The number of hydrogen-bond acceptors (Lipinski definition) is 2. The van der Waals surface area contributed by atoms with Crippen LogP contribution in [0, 0.1) is 0 Å². The number of rotatable bonds is 2. The average molecular weight is 312 g/mol. The van der Waals surface area contributed by atoms with Crippen LogP contribution in [-0.2, 0) is 6.18 Å². The van der Waals surface area contributed by atoms with Crippen LogP contribution >= 0.6 is 0 Å². The summed E-state index contributed by atoms with van der Waals surface area (Å²) in [6.07, 6.45) is -9.58. The molecule has 0 unspecified atom stereocenters. The first kappa shape index (κ1) is 16.1. The molecule has 1 aromatic carbocycles. The summed E-state index contributed by atoms with van der Waals surface area (Å²) in [5.41, 5.74) is -1.97. The Hall–Kier alpha value is -1.28. The van der Waals surface area contributed by atoms with Gasteiger partial charge in [0.2, 0.25) is 0 Å². The largest absolute Gasteiger partial charge is 0.416 e. The van der Waals surface area contributed by atoms with Crippen LogP contribution in [-0.4, -0.2) is 37.3 Å². The molecule has 118 valence electrons. The summed E-state index contributed by atoms with van der Waals surface area (Å²) in [5.74, 6) is 0. The second kappa shape index (κ2) is 5.84. The zero-order chi connectivity index (χ0) is 15.7. The van der Waals surface area contributed by atoms with Crippen molar-refractivity contribution >= 4 is 0 Å². The fourth-order valence-electron chi connectivity index (χ4n) is 2.51. The molecular weight excluding hydrogens is 298 g/mol. The number of nitrogens with zero attached hydrogens (tertiary/aromatic N) is 1. The second-order valence-electron chi connectivity index (χ2n) is 4.82. The Labute approximate surface area is 117 Å². The minimum absolute atomic E-state index is 0.0520. The molecule has 1 atom stereocenters. The van der Waals surface area contributed by atoms with E-state index in [9.17, 15) is 26.3 Å². The fraction of sp³-hybridized carbons (Fsp3) is 0.538. The van der Waals surface area contributed by atoms with Gasteiger partial charge in [0, 0.05) is 26.2 Å². The minimum atomic E-state index is -4.81. The number of nitrogens with one attached hydrogen (secondary N) is 1. The van der Waals surface area contributed by atoms with Crippen LogP contribution in [0.25, 0.3) is 0 Å². The summed E-state index contributed by atoms with van der Waals surface area (Å²) in [7, 11) is 0. The van der Waals surface area contributed by atoms with Gasteiger partial charge in [-0.25, -0.2) is 0 Å². The lowest BCUT2D eigenvalue weighted by molar-refractivity contribution is -0.190. The third kappa shape index (κ3) is 3.68. The molecule has 0 aliphatic carbocycles. The van der Waals surface area contributed by atoms with Crippen molar-refractivity contribution in [2.45, 2.75) is 18.4 Å². The standard InChI is InChI=1S/C13H14F6N2/c14-12(15,16)10-4-2-1-3-9(10)11(13(17,18)19)21-7-5-20-6-8-21/h1-4,11,20H,5-8H2/t11-/m0/s1. The van der Waals surface area contributed by atoms with Crippen LogP contribution in [0.2, 0.25) is 0 Å². The van der Waals surface area contributed by atoms with E-state index in [-0.39, 0.29) is 13.1 Å². The molecule has 21 heavy (non-hydrogen) atoms. The molecule has 1 heterocycles. The first-order valence-corrected chi connectivity index (χ1v) is 6.39. The van der Waals surface area contributed by atoms with Crippen molar-refractivity contribution in [2.75, 3.05) is 26.2 Å². The Kier molecular flexibility index (Phi) is 4.48. The number of benzene rings is 1. The summed E-state index contributed by atoms with van der Waals surface area (Å²) >= 11 is 0. The van der Waals surface area contributed by atoms with E-state index in [1.807, 2.05) is 0 Å². The normalized spacial score (nSPS) is 19.5. The van der Waals surface area contributed by atoms with E-state index in [1.165, 1.54) is 6.07 Å². The van der Waals surface area contributed by atoms with Crippen LogP contribution in [0.4, 0.5) is 26.3 Å². The third-order valence-electron chi connectivity index (χ3n) is 3.39. The van der Waals surface area contributed by atoms with Crippen LogP contribution in [0.15, 0.2) is 24.3 Å². The SMILES string of the molecule is FC(F)(F)c1ccccc1[C@H](N1CCNCC1)C(F)(F)F. The highest BCUT2D eigenvalue weighted by molar-refractivity contribution is 5.33. The Morgan fingerprint density at radius 1 is 0.952 bits per heavy atom. The molecule has 0 radical (unpaired) electrons. The first-order chi connectivity index (χ1) is 9.71. The van der Waals surface area contributed by atoms with Gasteiger partial charge < -0.3 is 5.32 Å². The van der Waals surface area contributed by atoms with Crippen LogP contribution < -0.4 is 5.32 Å². The maximum absolute atomic E-state index is 13.3. The average Bonchev–Trinajstić information content (AvgIpc) is 2.38. The summed E-state index contributed by atoms with van der Waals surface area (Å²) in [4.78, 5) is 1.04. The predicted molar refractivity (Wildman–Crippen MR) is 64.7 cm³/mol. The van der Waals surface area contributed by atoms with Gasteiger partial charge in [-0.1, -0.05) is 18.2 Å². The summed E-state index contributed by atoms with van der Waals surface area (Å²) in [6.45, 7) is 0.744. The first-order valence-electron chi connectivity index (χ1n) is 6.39. The Morgan fingerprint density at radius 2 is 1.52 bits per heavy atom. The van der Waals surface area contributed by atoms with Gasteiger partial charge in [0.15, 0.2) is 0 Å². The lowest BCUT2D eigenvalue weighted by atomic mass is 9.97. The molecule has 0 aromatic heterocycles. The van der Waals surface area contributed by atoms with Crippen molar-refractivity contribution in [2.24, 2.45) is 0 Å². The number of halogens is 6. The van der Waals surface area contributed by atoms with Crippen LogP contribution in [0.5, 0.6) is 0 Å². The zero-order valence-corrected chi connectivity index (χ0v) is 10.9. The van der Waals surface area contributed by atoms with Crippen molar-refractivity contribution in [3.63, 3.8) is 0 Å². The van der Waals surface area contributed by atoms with Gasteiger partial charge in [-0.2, -0.15) is 26.3 Å². The second-order valence-corrected chi connectivity index (χ2v) is 4.82. The molecular formula is C13H14F6N2. The minimum Gasteiger partial charge on any atom is -0.314 e. The Morgan fingerprint density at radius 3 is 2.05 bits per heavy atom. The van der Waals surface area contributed by atoms with E-state index in [0.717, 1.165) is 17.0 Å². The maximum atomic E-state index is 13.3. The van der Waals surface area contributed by atoms with E-state index in [0.29, 0.717) is 19.2 Å². The highest BCUT2D eigenvalue weighted by Gasteiger charge is 2.48. The van der Waals surface area contributed by atoms with Gasteiger partial charge in [0.25, 0.3) is 0 Å². The molecule has 1 fully saturated rings. The van der Waals surface area contributed by atoms with E-state index in [4.69, 9.17) is 0 Å². The Bertz CT molecular complexity index is 476. The van der Waals surface area contributed by atoms with Crippen LogP contribution in [0.3, 0.4) is 0 Å². The summed E-state index contributed by atoms with van der Waals surface area (Å²) in [6, 6.07) is 1.65. The van der Waals surface area contributed by atoms with Crippen molar-refractivity contribution in [1.29, 1.82) is 0 Å². The van der Waals surface area contributed by atoms with Crippen molar-refractivity contribution in [3.05, 3.63) is 35.4 Å². The fourth-order valence-corrected chi connectivity index (χ4v) is 2.51. The molecule has 1 N–H and O–H groups in total. The summed E-state index contributed by atoms with van der Waals surface area (Å²) in [5, 5.41) is 2.89. The summed E-state index contributed by atoms with van der Waals surface area (Å²) < 4.78 is 78.9. The molecule has 0 amide bonds. The topological polar surface area (TPSA) is 15.3 Å². The highest BCUT2D eigenvalue weighted by Crippen LogP contribution is 2.43. The maximum Gasteiger partial charge on any atom is 0.416 e. The Balaban J connectivity index is 2.47. The van der Waals surface area contributed by atoms with E-state index < -0.39 is 29.5 Å². The highest BCUT2D eigenvalue weighted by atomic mass is 19.4. The lowest BCUT2D eigenvalue weighted by Gasteiger charge is -2.37. The molecule has 1 saturated heterocycles. The van der Waals surface area contributed by atoms with E-state index >= 15 is 0 Å². The van der Waals surface area contributed by atoms with Gasteiger partial charge >= 0.3 is 12.4 Å². The number of piperazine rings is 1. The molecule has 0 saturated carbocycles. The van der Waals surface area contributed by atoms with Crippen molar-refractivity contribution in [1.82, 2.24) is 10.2 Å². The van der Waals surface area contributed by atoms with Gasteiger partial charge in [0.05, 0.1) is 5.56 Å². The van der Waals surface area contributed by atoms with Gasteiger partial charge in [0.1, 0.15) is 6.04 Å².